The third kappa shape index (κ3) is 3.66. The second kappa shape index (κ2) is 6.95. The molecule has 3 heterocycles. The molecule has 0 saturated carbocycles. The number of hydrogen-bond donors (Lipinski definition) is 2. The highest BCUT2D eigenvalue weighted by Crippen LogP contribution is 2.32. The Labute approximate surface area is 157 Å². The molecule has 1 aromatic carbocycles. The lowest BCUT2D eigenvalue weighted by Gasteiger charge is -2.11. The zero-order valence-electron chi connectivity index (χ0n) is 14.8. The minimum absolute atomic E-state index is 0.0332. The van der Waals surface area contributed by atoms with Crippen LogP contribution in [0.4, 0.5) is 19.1 Å². The molecule has 4 rings (SSSR count). The summed E-state index contributed by atoms with van der Waals surface area (Å²) < 4.78 is 41.7. The quantitative estimate of drug-likeness (QED) is 0.547. The van der Waals surface area contributed by atoms with Gasteiger partial charge < -0.3 is 14.9 Å². The monoisotopic (exact) mass is 387 g/mol. The van der Waals surface area contributed by atoms with Crippen molar-refractivity contribution in [3.8, 4) is 0 Å². The number of nitrogens with zero attached hydrogens (tertiary/aromatic N) is 5. The van der Waals surface area contributed by atoms with E-state index in [0.29, 0.717) is 6.54 Å². The Bertz CT molecular complexity index is 1110. The van der Waals surface area contributed by atoms with Gasteiger partial charge in [-0.25, -0.2) is 15.0 Å². The summed E-state index contributed by atoms with van der Waals surface area (Å²) in [6, 6.07) is 7.74. The molecule has 10 heteroatoms. The van der Waals surface area contributed by atoms with Crippen molar-refractivity contribution in [2.24, 2.45) is 0 Å². The summed E-state index contributed by atoms with van der Waals surface area (Å²) >= 11 is 0. The molecule has 0 amide bonds. The lowest BCUT2D eigenvalue weighted by atomic mass is 10.1. The molecule has 4 aromatic rings. The highest BCUT2D eigenvalue weighted by molar-refractivity contribution is 5.74. The zero-order valence-corrected chi connectivity index (χ0v) is 14.8. The molecular weight excluding hydrogens is 371 g/mol. The number of fused-ring (bicyclic) bond motifs is 1. The summed E-state index contributed by atoms with van der Waals surface area (Å²) in [6.07, 6.45) is 0.194. The molecule has 0 aliphatic heterocycles. The molecule has 0 unspecified atom stereocenters. The van der Waals surface area contributed by atoms with Crippen LogP contribution in [0.2, 0.25) is 0 Å². The number of imidazole rings is 2. The third-order valence-corrected chi connectivity index (χ3v) is 4.27. The average molecular weight is 387 g/mol. The van der Waals surface area contributed by atoms with Crippen molar-refractivity contribution in [1.82, 2.24) is 29.5 Å². The first-order chi connectivity index (χ1) is 13.4. The van der Waals surface area contributed by atoms with E-state index in [9.17, 15) is 13.2 Å². The van der Waals surface area contributed by atoms with Crippen LogP contribution in [0, 0.1) is 6.92 Å². The van der Waals surface area contributed by atoms with Gasteiger partial charge in [0.25, 0.3) is 0 Å². The molecule has 0 radical (unpaired) electrons. The number of alkyl halides is 3. The first-order valence-electron chi connectivity index (χ1n) is 8.48. The molecular formula is C18H16F3N7. The molecule has 0 fully saturated rings. The van der Waals surface area contributed by atoms with Crippen molar-refractivity contribution in [3.05, 3.63) is 65.6 Å². The van der Waals surface area contributed by atoms with Gasteiger partial charge in [-0.3, -0.25) is 0 Å². The predicted molar refractivity (Wildman–Crippen MR) is 96.5 cm³/mol. The predicted octanol–water partition coefficient (Wildman–Crippen LogP) is 3.54. The number of nitrogens with one attached hydrogen (secondary N) is 2. The van der Waals surface area contributed by atoms with E-state index >= 15 is 0 Å². The fourth-order valence-electron chi connectivity index (χ4n) is 2.90. The van der Waals surface area contributed by atoms with Crippen molar-refractivity contribution in [3.63, 3.8) is 0 Å². The summed E-state index contributed by atoms with van der Waals surface area (Å²) in [6.45, 7) is 2.86. The van der Waals surface area contributed by atoms with E-state index in [1.807, 2.05) is 42.0 Å². The van der Waals surface area contributed by atoms with E-state index in [0.717, 1.165) is 17.0 Å². The van der Waals surface area contributed by atoms with Crippen molar-refractivity contribution < 1.29 is 13.2 Å². The Kier molecular flexibility index (Phi) is 4.46. The summed E-state index contributed by atoms with van der Waals surface area (Å²) in [4.78, 5) is 18.1. The third-order valence-electron chi connectivity index (χ3n) is 4.27. The molecule has 0 aliphatic rings. The van der Waals surface area contributed by atoms with Crippen LogP contribution in [0.15, 0.2) is 43.0 Å². The molecule has 2 N–H and O–H groups in total. The maximum absolute atomic E-state index is 13.2. The van der Waals surface area contributed by atoms with Gasteiger partial charge in [-0.1, -0.05) is 24.3 Å². The number of aromatic nitrogens is 6. The molecule has 144 valence electrons. The molecule has 0 spiro atoms. The highest BCUT2D eigenvalue weighted by atomic mass is 19.4. The second-order valence-electron chi connectivity index (χ2n) is 6.27. The number of H-pyrrole nitrogens is 1. The molecule has 3 aromatic heterocycles. The topological polar surface area (TPSA) is 84.3 Å². The Morgan fingerprint density at radius 2 is 1.96 bits per heavy atom. The van der Waals surface area contributed by atoms with Gasteiger partial charge >= 0.3 is 6.18 Å². The van der Waals surface area contributed by atoms with Crippen LogP contribution in [-0.2, 0) is 19.3 Å². The first kappa shape index (κ1) is 18.0. The lowest BCUT2D eigenvalue weighted by Crippen LogP contribution is -2.13. The second-order valence-corrected chi connectivity index (χ2v) is 6.27. The Morgan fingerprint density at radius 1 is 1.14 bits per heavy atom. The summed E-state index contributed by atoms with van der Waals surface area (Å²) in [5.41, 5.74) is 0.654. The molecule has 0 saturated heterocycles. The summed E-state index contributed by atoms with van der Waals surface area (Å²) in [5, 5.41) is 2.86. The van der Waals surface area contributed by atoms with Crippen LogP contribution in [0.25, 0.3) is 11.2 Å². The van der Waals surface area contributed by atoms with E-state index in [1.165, 1.54) is 6.33 Å². The average Bonchev–Trinajstić information content (AvgIpc) is 3.28. The van der Waals surface area contributed by atoms with Crippen LogP contribution in [-0.4, -0.2) is 29.5 Å². The number of hydrogen-bond acceptors (Lipinski definition) is 5. The van der Waals surface area contributed by atoms with Crippen LogP contribution in [0.5, 0.6) is 0 Å². The van der Waals surface area contributed by atoms with Gasteiger partial charge in [0, 0.05) is 25.5 Å². The molecule has 0 aliphatic carbocycles. The van der Waals surface area contributed by atoms with Crippen LogP contribution in [0.1, 0.15) is 22.6 Å². The molecule has 0 atom stereocenters. The van der Waals surface area contributed by atoms with Crippen LogP contribution >= 0.6 is 0 Å². The van der Waals surface area contributed by atoms with Gasteiger partial charge in [0.2, 0.25) is 5.95 Å². The van der Waals surface area contributed by atoms with Gasteiger partial charge in [-0.2, -0.15) is 18.2 Å². The van der Waals surface area contributed by atoms with Gasteiger partial charge in [0.05, 0.1) is 6.33 Å². The zero-order chi connectivity index (χ0) is 19.7. The number of halogens is 3. The Balaban J connectivity index is 1.53. The Hall–Kier alpha value is -3.43. The number of anilines is 1. The van der Waals surface area contributed by atoms with Gasteiger partial charge in [-0.15, -0.1) is 0 Å². The van der Waals surface area contributed by atoms with E-state index in [2.05, 4.69) is 30.2 Å². The van der Waals surface area contributed by atoms with Gasteiger partial charge in [0.15, 0.2) is 11.3 Å². The van der Waals surface area contributed by atoms with Crippen molar-refractivity contribution in [2.75, 3.05) is 5.32 Å². The number of aromatic amines is 1. The minimum atomic E-state index is -4.60. The lowest BCUT2D eigenvalue weighted by molar-refractivity contribution is -0.139. The van der Waals surface area contributed by atoms with Gasteiger partial charge in [0.1, 0.15) is 11.3 Å². The maximum atomic E-state index is 13.2. The van der Waals surface area contributed by atoms with E-state index in [4.69, 9.17) is 0 Å². The molecule has 0 bridgehead atoms. The van der Waals surface area contributed by atoms with Gasteiger partial charge in [-0.05, 0) is 18.1 Å². The summed E-state index contributed by atoms with van der Waals surface area (Å²) in [5.74, 6) is 0.784. The normalized spacial score (nSPS) is 11.9. The van der Waals surface area contributed by atoms with E-state index < -0.39 is 11.9 Å². The highest BCUT2D eigenvalue weighted by Gasteiger charge is 2.36. The fraction of sp³-hybridized carbons (Fsp3) is 0.222. The van der Waals surface area contributed by atoms with E-state index in [-0.39, 0.29) is 23.7 Å². The van der Waals surface area contributed by atoms with Crippen LogP contribution < -0.4 is 5.32 Å². The number of benzene rings is 1. The minimum Gasteiger partial charge on any atom is -0.350 e. The molecule has 7 nitrogen and oxygen atoms in total. The van der Waals surface area contributed by atoms with Crippen molar-refractivity contribution >= 4 is 17.1 Å². The standard InChI is InChI=1S/C18H16F3N7/c1-11-22-5-6-28(11)9-13-4-2-3-12(7-13)8-23-17-26-15(18(19,20)21)14-16(27-17)25-10-24-14/h2-7,10H,8-9H2,1H3,(H2,23,24,25,26,27). The fourth-order valence-corrected chi connectivity index (χ4v) is 2.90. The largest absolute Gasteiger partial charge is 0.435 e. The number of rotatable bonds is 5. The molecule has 28 heavy (non-hydrogen) atoms. The number of aryl methyl sites for hydroxylation is 1. The SMILES string of the molecule is Cc1nccn1Cc1cccc(CNc2nc(C(F)(F)F)c3[nH]cnc3n2)c1. The Morgan fingerprint density at radius 3 is 2.71 bits per heavy atom. The van der Waals surface area contributed by atoms with Crippen LogP contribution in [0.3, 0.4) is 0 Å². The maximum Gasteiger partial charge on any atom is 0.435 e. The first-order valence-corrected chi connectivity index (χ1v) is 8.48. The van der Waals surface area contributed by atoms with E-state index in [1.54, 1.807) is 6.20 Å². The van der Waals surface area contributed by atoms with Crippen molar-refractivity contribution in [2.45, 2.75) is 26.2 Å². The van der Waals surface area contributed by atoms with Crippen molar-refractivity contribution in [1.29, 1.82) is 0 Å². The smallest absolute Gasteiger partial charge is 0.350 e. The summed E-state index contributed by atoms with van der Waals surface area (Å²) in [7, 11) is 0.